The van der Waals surface area contributed by atoms with Crippen molar-refractivity contribution in [3.63, 3.8) is 0 Å². The molecule has 0 amide bonds. The summed E-state index contributed by atoms with van der Waals surface area (Å²) in [6.07, 6.45) is 3.73. The molecule has 3 nitrogen and oxygen atoms in total. The number of imidazole rings is 1. The molecule has 1 aliphatic rings. The Balaban J connectivity index is 2.04. The quantitative estimate of drug-likeness (QED) is 0.462. The molecule has 4 rings (SSSR count). The van der Waals surface area contributed by atoms with Crippen LogP contribution in [0.3, 0.4) is 0 Å². The highest BCUT2D eigenvalue weighted by atomic mass is 79.9. The van der Waals surface area contributed by atoms with Gasteiger partial charge >= 0.3 is 0 Å². The van der Waals surface area contributed by atoms with E-state index in [1.807, 2.05) is 42.6 Å². The number of pyridine rings is 1. The summed E-state index contributed by atoms with van der Waals surface area (Å²) in [6, 6.07) is 9.02. The van der Waals surface area contributed by atoms with E-state index in [1.165, 1.54) is 6.07 Å². The first-order chi connectivity index (χ1) is 11.4. The van der Waals surface area contributed by atoms with E-state index < -0.39 is 5.54 Å². The molecule has 2 aromatic heterocycles. The van der Waals surface area contributed by atoms with Crippen molar-refractivity contribution in [2.45, 2.75) is 24.2 Å². The average molecular weight is 451 g/mol. The molecule has 1 aromatic carbocycles. The van der Waals surface area contributed by atoms with E-state index in [1.54, 1.807) is 12.3 Å². The minimum atomic E-state index is -0.472. The Hall–Kier alpha value is -1.53. The highest BCUT2D eigenvalue weighted by Crippen LogP contribution is 2.44. The van der Waals surface area contributed by atoms with Gasteiger partial charge in [0.05, 0.1) is 32.4 Å². The topological polar surface area (TPSA) is 29.7 Å². The van der Waals surface area contributed by atoms with Crippen LogP contribution in [0.25, 0.3) is 5.65 Å². The molecule has 0 spiro atoms. The molecule has 0 N–H and O–H groups in total. The molecular formula is C18H14Br2FN3. The molecule has 1 atom stereocenters. The smallest absolute Gasteiger partial charge is 0.151 e. The number of hydrogen-bond acceptors (Lipinski definition) is 2. The second-order valence-corrected chi connectivity index (χ2v) is 8.14. The van der Waals surface area contributed by atoms with Crippen LogP contribution in [0.15, 0.2) is 52.2 Å². The van der Waals surface area contributed by atoms with E-state index in [-0.39, 0.29) is 10.6 Å². The molecule has 0 fully saturated rings. The Morgan fingerprint density at radius 2 is 2.00 bits per heavy atom. The summed E-state index contributed by atoms with van der Waals surface area (Å²) >= 11 is 7.15. The number of alkyl halides is 1. The number of halogens is 3. The van der Waals surface area contributed by atoms with Gasteiger partial charge in [0.1, 0.15) is 5.82 Å². The van der Waals surface area contributed by atoms with Crippen molar-refractivity contribution in [2.24, 2.45) is 4.99 Å². The summed E-state index contributed by atoms with van der Waals surface area (Å²) in [5.74, 6) is -0.218. The first kappa shape index (κ1) is 16.0. The molecule has 122 valence electrons. The Kier molecular flexibility index (Phi) is 3.65. The lowest BCUT2D eigenvalue weighted by Gasteiger charge is -2.34. The van der Waals surface area contributed by atoms with Gasteiger partial charge in [-0.3, -0.25) is 9.39 Å². The minimum Gasteiger partial charge on any atom is -0.297 e. The summed E-state index contributed by atoms with van der Waals surface area (Å²) in [4.78, 5) is 9.23. The first-order valence-corrected chi connectivity index (χ1v) is 9.25. The summed E-state index contributed by atoms with van der Waals surface area (Å²) in [5, 5.41) is 0. The number of hydrogen-bond donors (Lipinski definition) is 0. The Morgan fingerprint density at radius 1 is 1.21 bits per heavy atom. The standard InChI is InChI=1S/C18H14Br2FN3/c1-18(2)16(20)14-10(5-3-7-12(14)21)15(23-18)13-9-22-17-11(19)6-4-8-24(13)17/h3-9,16H,1-2H3. The molecule has 6 heteroatoms. The highest BCUT2D eigenvalue weighted by Gasteiger charge is 2.38. The third-order valence-electron chi connectivity index (χ3n) is 4.31. The van der Waals surface area contributed by atoms with Crippen LogP contribution >= 0.6 is 31.9 Å². The lowest BCUT2D eigenvalue weighted by molar-refractivity contribution is 0.488. The summed E-state index contributed by atoms with van der Waals surface area (Å²) in [5.41, 5.74) is 3.41. The van der Waals surface area contributed by atoms with Crippen LogP contribution in [0, 0.1) is 5.82 Å². The van der Waals surface area contributed by atoms with E-state index >= 15 is 0 Å². The molecule has 0 saturated heterocycles. The molecule has 0 saturated carbocycles. The fourth-order valence-corrected chi connectivity index (χ4v) is 4.12. The number of nitrogens with zero attached hydrogens (tertiary/aromatic N) is 3. The summed E-state index contributed by atoms with van der Waals surface area (Å²) in [7, 11) is 0. The molecule has 0 bridgehead atoms. The number of aliphatic imine (C=N–C) groups is 1. The number of benzene rings is 1. The Bertz CT molecular complexity index is 991. The van der Waals surface area contributed by atoms with Crippen molar-refractivity contribution in [2.75, 3.05) is 0 Å². The molecule has 1 unspecified atom stereocenters. The van der Waals surface area contributed by atoms with Crippen LogP contribution in [0.5, 0.6) is 0 Å². The number of rotatable bonds is 1. The van der Waals surface area contributed by atoms with Crippen LogP contribution < -0.4 is 0 Å². The molecule has 0 aliphatic carbocycles. The molecule has 0 radical (unpaired) electrons. The Morgan fingerprint density at radius 3 is 2.79 bits per heavy atom. The third kappa shape index (κ3) is 2.27. The lowest BCUT2D eigenvalue weighted by Crippen LogP contribution is -2.32. The zero-order chi connectivity index (χ0) is 17.1. The zero-order valence-corrected chi connectivity index (χ0v) is 16.3. The van der Waals surface area contributed by atoms with Crippen LogP contribution in [0.2, 0.25) is 0 Å². The van der Waals surface area contributed by atoms with Gasteiger partial charge in [0.25, 0.3) is 0 Å². The van der Waals surface area contributed by atoms with Crippen molar-refractivity contribution in [1.29, 1.82) is 0 Å². The third-order valence-corrected chi connectivity index (χ3v) is 6.51. The van der Waals surface area contributed by atoms with Crippen molar-refractivity contribution in [3.8, 4) is 0 Å². The second kappa shape index (κ2) is 5.49. The number of fused-ring (bicyclic) bond motifs is 2. The maximum absolute atomic E-state index is 14.5. The van der Waals surface area contributed by atoms with Crippen LogP contribution in [-0.4, -0.2) is 20.6 Å². The van der Waals surface area contributed by atoms with Gasteiger partial charge in [0.2, 0.25) is 0 Å². The van der Waals surface area contributed by atoms with Gasteiger partial charge in [0, 0.05) is 17.3 Å². The second-order valence-electron chi connectivity index (χ2n) is 6.37. The predicted molar refractivity (Wildman–Crippen MR) is 101 cm³/mol. The molecular weight excluding hydrogens is 437 g/mol. The highest BCUT2D eigenvalue weighted by molar-refractivity contribution is 9.10. The maximum Gasteiger partial charge on any atom is 0.151 e. The SMILES string of the molecule is CC1(C)N=C(c2cnc3c(Br)cccn23)c2cccc(F)c2C1Br. The maximum atomic E-state index is 14.5. The van der Waals surface area contributed by atoms with E-state index in [9.17, 15) is 4.39 Å². The Labute approximate surface area is 155 Å². The monoisotopic (exact) mass is 449 g/mol. The molecule has 3 heterocycles. The van der Waals surface area contributed by atoms with Crippen molar-refractivity contribution in [1.82, 2.24) is 9.38 Å². The van der Waals surface area contributed by atoms with Gasteiger partial charge in [-0.05, 0) is 48.0 Å². The van der Waals surface area contributed by atoms with Gasteiger partial charge in [-0.15, -0.1) is 0 Å². The summed E-state index contributed by atoms with van der Waals surface area (Å²) < 4.78 is 17.4. The molecule has 1 aliphatic heterocycles. The first-order valence-electron chi connectivity index (χ1n) is 7.55. The lowest BCUT2D eigenvalue weighted by atomic mass is 9.85. The average Bonchev–Trinajstić information content (AvgIpc) is 2.96. The fourth-order valence-electron chi connectivity index (χ4n) is 3.11. The van der Waals surface area contributed by atoms with Gasteiger partial charge in [-0.25, -0.2) is 9.37 Å². The van der Waals surface area contributed by atoms with Crippen LogP contribution in [-0.2, 0) is 0 Å². The predicted octanol–water partition coefficient (Wildman–Crippen LogP) is 5.30. The molecule has 3 aromatic rings. The van der Waals surface area contributed by atoms with Gasteiger partial charge in [0.15, 0.2) is 5.65 Å². The normalized spacial score (nSPS) is 19.2. The van der Waals surface area contributed by atoms with Gasteiger partial charge in [-0.1, -0.05) is 28.1 Å². The van der Waals surface area contributed by atoms with Crippen molar-refractivity contribution >= 4 is 43.2 Å². The van der Waals surface area contributed by atoms with Crippen LogP contribution in [0.4, 0.5) is 4.39 Å². The van der Waals surface area contributed by atoms with E-state index in [4.69, 9.17) is 4.99 Å². The molecule has 24 heavy (non-hydrogen) atoms. The number of aromatic nitrogens is 2. The zero-order valence-electron chi connectivity index (χ0n) is 13.1. The van der Waals surface area contributed by atoms with E-state index in [0.717, 1.165) is 27.1 Å². The van der Waals surface area contributed by atoms with Gasteiger partial charge in [-0.2, -0.15) is 0 Å². The summed E-state index contributed by atoms with van der Waals surface area (Å²) in [6.45, 7) is 4.00. The minimum absolute atomic E-state index is 0.184. The van der Waals surface area contributed by atoms with Gasteiger partial charge < -0.3 is 0 Å². The van der Waals surface area contributed by atoms with E-state index in [2.05, 4.69) is 36.8 Å². The van der Waals surface area contributed by atoms with Crippen molar-refractivity contribution in [3.05, 3.63) is 69.8 Å². The van der Waals surface area contributed by atoms with E-state index in [0.29, 0.717) is 5.56 Å². The largest absolute Gasteiger partial charge is 0.297 e. The van der Waals surface area contributed by atoms with Crippen molar-refractivity contribution < 1.29 is 4.39 Å². The van der Waals surface area contributed by atoms with Crippen LogP contribution in [0.1, 0.15) is 35.5 Å². The fraction of sp³-hybridized carbons (Fsp3) is 0.222.